The average Bonchev–Trinajstić information content (AvgIpc) is 3.31. The van der Waals surface area contributed by atoms with Crippen molar-refractivity contribution in [3.05, 3.63) is 82.1 Å². The molecular weight excluding hydrogens is 427 g/mol. The van der Waals surface area contributed by atoms with Crippen LogP contribution < -0.4 is 10.6 Å². The van der Waals surface area contributed by atoms with Gasteiger partial charge in [-0.25, -0.2) is 4.39 Å². The first-order chi connectivity index (χ1) is 15.3. The number of aromatic nitrogens is 2. The average molecular weight is 451 g/mol. The van der Waals surface area contributed by atoms with Gasteiger partial charge in [-0.1, -0.05) is 12.1 Å². The minimum atomic E-state index is -0.279. The number of thiophene rings is 1. The summed E-state index contributed by atoms with van der Waals surface area (Å²) in [5.74, 6) is -0.652. The molecule has 8 heteroatoms. The van der Waals surface area contributed by atoms with Crippen LogP contribution in [0, 0.1) is 12.7 Å². The molecule has 6 nitrogen and oxygen atoms in total. The second-order valence-corrected chi connectivity index (χ2v) is 8.89. The Morgan fingerprint density at radius 3 is 2.41 bits per heavy atom. The van der Waals surface area contributed by atoms with E-state index in [0.29, 0.717) is 22.7 Å². The minimum Gasteiger partial charge on any atom is -0.350 e. The van der Waals surface area contributed by atoms with E-state index in [1.165, 1.54) is 23.5 Å². The number of hydrogen-bond donors (Lipinski definition) is 2. The molecule has 0 saturated carbocycles. The van der Waals surface area contributed by atoms with E-state index in [1.807, 2.05) is 31.5 Å². The van der Waals surface area contributed by atoms with E-state index in [2.05, 4.69) is 15.7 Å². The maximum absolute atomic E-state index is 13.2. The molecule has 32 heavy (non-hydrogen) atoms. The standard InChI is InChI=1S/C24H23FN4O2S/c1-14(2)26-22(30)17-6-10-19(11-7-17)27-23(31)21-12-20-15(3)28-29(24(20)32-21)13-16-4-8-18(25)9-5-16/h4-12,14H,13H2,1-3H3,(H,26,30)(H,27,31). The van der Waals surface area contributed by atoms with Crippen LogP contribution in [-0.2, 0) is 6.54 Å². The maximum atomic E-state index is 13.2. The molecule has 4 aromatic rings. The normalized spacial score (nSPS) is 11.2. The van der Waals surface area contributed by atoms with Crippen LogP contribution >= 0.6 is 11.3 Å². The number of nitrogens with zero attached hydrogens (tertiary/aromatic N) is 2. The van der Waals surface area contributed by atoms with Crippen molar-refractivity contribution in [2.24, 2.45) is 0 Å². The number of amides is 2. The fraction of sp³-hybridized carbons (Fsp3) is 0.208. The van der Waals surface area contributed by atoms with Crippen LogP contribution in [-0.4, -0.2) is 27.6 Å². The molecule has 0 unspecified atom stereocenters. The predicted molar refractivity (Wildman–Crippen MR) is 125 cm³/mol. The van der Waals surface area contributed by atoms with Crippen molar-refractivity contribution in [3.8, 4) is 0 Å². The van der Waals surface area contributed by atoms with Crippen molar-refractivity contribution < 1.29 is 14.0 Å². The second kappa shape index (κ2) is 8.92. The van der Waals surface area contributed by atoms with Crippen LogP contribution in [0.3, 0.4) is 0 Å². The lowest BCUT2D eigenvalue weighted by molar-refractivity contribution is 0.0942. The summed E-state index contributed by atoms with van der Waals surface area (Å²) in [6.07, 6.45) is 0. The van der Waals surface area contributed by atoms with E-state index >= 15 is 0 Å². The number of rotatable bonds is 6. The Balaban J connectivity index is 1.50. The van der Waals surface area contributed by atoms with Crippen LogP contribution in [0.5, 0.6) is 0 Å². The van der Waals surface area contributed by atoms with Crippen molar-refractivity contribution in [2.75, 3.05) is 5.32 Å². The van der Waals surface area contributed by atoms with E-state index < -0.39 is 0 Å². The third-order valence-corrected chi connectivity index (χ3v) is 6.05. The molecule has 0 atom stereocenters. The van der Waals surface area contributed by atoms with Gasteiger partial charge >= 0.3 is 0 Å². The van der Waals surface area contributed by atoms with Gasteiger partial charge in [-0.15, -0.1) is 11.3 Å². The maximum Gasteiger partial charge on any atom is 0.265 e. The zero-order valence-corrected chi connectivity index (χ0v) is 18.8. The van der Waals surface area contributed by atoms with E-state index in [9.17, 15) is 14.0 Å². The fourth-order valence-corrected chi connectivity index (χ4v) is 4.39. The van der Waals surface area contributed by atoms with Gasteiger partial charge in [0, 0.05) is 22.7 Å². The Hall–Kier alpha value is -3.52. The molecule has 0 aliphatic rings. The van der Waals surface area contributed by atoms with Crippen LogP contribution in [0.1, 0.15) is 45.1 Å². The van der Waals surface area contributed by atoms with E-state index in [-0.39, 0.29) is 23.7 Å². The summed E-state index contributed by atoms with van der Waals surface area (Å²) >= 11 is 1.36. The summed E-state index contributed by atoms with van der Waals surface area (Å²) in [5.41, 5.74) is 2.91. The molecule has 4 rings (SSSR count). The SMILES string of the molecule is Cc1nn(Cc2ccc(F)cc2)c2sc(C(=O)Nc3ccc(C(=O)NC(C)C)cc3)cc12. The van der Waals surface area contributed by atoms with Gasteiger partial charge in [-0.3, -0.25) is 14.3 Å². The number of benzene rings is 2. The Bertz CT molecular complexity index is 1270. The van der Waals surface area contributed by atoms with Crippen molar-refractivity contribution in [1.29, 1.82) is 0 Å². The number of nitrogens with one attached hydrogen (secondary N) is 2. The molecule has 0 spiro atoms. The summed E-state index contributed by atoms with van der Waals surface area (Å²) < 4.78 is 15.0. The lowest BCUT2D eigenvalue weighted by Gasteiger charge is -2.09. The monoisotopic (exact) mass is 450 g/mol. The topological polar surface area (TPSA) is 76.0 Å². The Morgan fingerprint density at radius 2 is 1.75 bits per heavy atom. The molecule has 2 aromatic heterocycles. The van der Waals surface area contributed by atoms with Crippen LogP contribution in [0.25, 0.3) is 10.2 Å². The molecule has 0 fully saturated rings. The molecule has 0 saturated heterocycles. The number of fused-ring (bicyclic) bond motifs is 1. The highest BCUT2D eigenvalue weighted by atomic mass is 32.1. The highest BCUT2D eigenvalue weighted by Gasteiger charge is 2.17. The third kappa shape index (κ3) is 4.70. The Morgan fingerprint density at radius 1 is 1.06 bits per heavy atom. The second-order valence-electron chi connectivity index (χ2n) is 7.86. The smallest absolute Gasteiger partial charge is 0.265 e. The summed E-state index contributed by atoms with van der Waals surface area (Å²) in [6.45, 7) is 6.20. The quantitative estimate of drug-likeness (QED) is 0.435. The third-order valence-electron chi connectivity index (χ3n) is 4.90. The number of aryl methyl sites for hydroxylation is 1. The first-order valence-electron chi connectivity index (χ1n) is 10.2. The Labute approximate surface area is 189 Å². The van der Waals surface area contributed by atoms with Crippen molar-refractivity contribution in [1.82, 2.24) is 15.1 Å². The fourth-order valence-electron chi connectivity index (χ4n) is 3.34. The van der Waals surface area contributed by atoms with Gasteiger partial charge in [0.05, 0.1) is 17.1 Å². The van der Waals surface area contributed by atoms with Crippen LogP contribution in [0.2, 0.25) is 0 Å². The lowest BCUT2D eigenvalue weighted by Crippen LogP contribution is -2.29. The predicted octanol–water partition coefficient (Wildman–Crippen LogP) is 4.98. The van der Waals surface area contributed by atoms with Crippen molar-refractivity contribution >= 4 is 39.1 Å². The minimum absolute atomic E-state index is 0.0530. The van der Waals surface area contributed by atoms with Crippen molar-refractivity contribution in [2.45, 2.75) is 33.4 Å². The van der Waals surface area contributed by atoms with E-state index in [1.54, 1.807) is 36.4 Å². The Kier molecular flexibility index (Phi) is 6.05. The summed E-state index contributed by atoms with van der Waals surface area (Å²) in [7, 11) is 0. The number of hydrogen-bond acceptors (Lipinski definition) is 4. The first kappa shape index (κ1) is 21.7. The largest absolute Gasteiger partial charge is 0.350 e. The summed E-state index contributed by atoms with van der Waals surface area (Å²) in [5, 5.41) is 11.2. The molecule has 0 radical (unpaired) electrons. The zero-order valence-electron chi connectivity index (χ0n) is 18.0. The molecular formula is C24H23FN4O2S. The molecule has 164 valence electrons. The molecule has 2 heterocycles. The lowest BCUT2D eigenvalue weighted by atomic mass is 10.2. The van der Waals surface area contributed by atoms with Gasteiger partial charge in [0.25, 0.3) is 11.8 Å². The van der Waals surface area contributed by atoms with Gasteiger partial charge < -0.3 is 10.6 Å². The van der Waals surface area contributed by atoms with Crippen molar-refractivity contribution in [3.63, 3.8) is 0 Å². The molecule has 0 bridgehead atoms. The number of anilines is 1. The zero-order chi connectivity index (χ0) is 22.8. The van der Waals surface area contributed by atoms with Gasteiger partial charge in [0.2, 0.25) is 0 Å². The number of halogens is 1. The molecule has 0 aliphatic carbocycles. The van der Waals surface area contributed by atoms with Gasteiger partial charge in [-0.05, 0) is 68.8 Å². The van der Waals surface area contributed by atoms with Gasteiger partial charge in [-0.2, -0.15) is 5.10 Å². The van der Waals surface area contributed by atoms with Crippen LogP contribution in [0.4, 0.5) is 10.1 Å². The molecule has 2 amide bonds. The van der Waals surface area contributed by atoms with E-state index in [0.717, 1.165) is 21.5 Å². The molecule has 2 aromatic carbocycles. The number of carbonyl (C=O) groups excluding carboxylic acids is 2. The number of carbonyl (C=O) groups is 2. The van der Waals surface area contributed by atoms with Gasteiger partial charge in [0.15, 0.2) is 0 Å². The summed E-state index contributed by atoms with van der Waals surface area (Å²) in [4.78, 5) is 26.3. The summed E-state index contributed by atoms with van der Waals surface area (Å²) in [6, 6.07) is 15.0. The highest BCUT2D eigenvalue weighted by Crippen LogP contribution is 2.29. The molecule has 0 aliphatic heterocycles. The highest BCUT2D eigenvalue weighted by molar-refractivity contribution is 7.20. The first-order valence-corrected chi connectivity index (χ1v) is 11.1. The van der Waals surface area contributed by atoms with E-state index in [4.69, 9.17) is 0 Å². The molecule has 2 N–H and O–H groups in total. The van der Waals surface area contributed by atoms with Crippen LogP contribution in [0.15, 0.2) is 54.6 Å². The van der Waals surface area contributed by atoms with Gasteiger partial charge in [0.1, 0.15) is 10.6 Å².